The van der Waals surface area contributed by atoms with Crippen LogP contribution in [0.4, 0.5) is 0 Å². The van der Waals surface area contributed by atoms with Crippen LogP contribution in [0.15, 0.2) is 53.4 Å². The van der Waals surface area contributed by atoms with Crippen molar-refractivity contribution in [2.75, 3.05) is 26.2 Å². The summed E-state index contributed by atoms with van der Waals surface area (Å²) in [6, 6.07) is 14.5. The maximum Gasteiger partial charge on any atom is 0.253 e. The van der Waals surface area contributed by atoms with Crippen molar-refractivity contribution in [3.8, 4) is 0 Å². The minimum Gasteiger partial charge on any atom is -0.352 e. The summed E-state index contributed by atoms with van der Waals surface area (Å²) in [5, 5.41) is 2.97. The first-order valence-electron chi connectivity index (χ1n) is 12.5. The van der Waals surface area contributed by atoms with E-state index in [2.05, 4.69) is 19.2 Å². The van der Waals surface area contributed by atoms with Crippen LogP contribution in [0.1, 0.15) is 66.9 Å². The molecule has 188 valence electrons. The lowest BCUT2D eigenvalue weighted by atomic mass is 9.97. The molecule has 0 saturated carbocycles. The summed E-state index contributed by atoms with van der Waals surface area (Å²) < 4.78 is 27.5. The van der Waals surface area contributed by atoms with Crippen LogP contribution in [0.2, 0.25) is 0 Å². The number of hydrogen-bond acceptors (Lipinski definition) is 4. The van der Waals surface area contributed by atoms with E-state index >= 15 is 0 Å². The highest BCUT2D eigenvalue weighted by Crippen LogP contribution is 2.25. The van der Waals surface area contributed by atoms with Gasteiger partial charge in [-0.3, -0.25) is 9.59 Å². The highest BCUT2D eigenvalue weighted by atomic mass is 32.2. The molecule has 0 radical (unpaired) electrons. The molecule has 2 aromatic carbocycles. The second-order valence-electron chi connectivity index (χ2n) is 9.82. The first kappa shape index (κ1) is 25.4. The maximum absolute atomic E-state index is 13.0. The average Bonchev–Trinajstić information content (AvgIpc) is 3.42. The molecule has 0 aromatic heterocycles. The van der Waals surface area contributed by atoms with Crippen LogP contribution < -0.4 is 5.32 Å². The third-order valence-electron chi connectivity index (χ3n) is 7.04. The fourth-order valence-corrected chi connectivity index (χ4v) is 6.25. The Bertz CT molecular complexity index is 1150. The van der Waals surface area contributed by atoms with Gasteiger partial charge in [0.2, 0.25) is 15.9 Å². The summed E-state index contributed by atoms with van der Waals surface area (Å²) in [4.78, 5) is 27.6. The first-order valence-corrected chi connectivity index (χ1v) is 14.0. The third-order valence-corrected chi connectivity index (χ3v) is 8.96. The normalized spacial score (nSPS) is 17.6. The van der Waals surface area contributed by atoms with Crippen LogP contribution in [0.25, 0.3) is 0 Å². The van der Waals surface area contributed by atoms with Gasteiger partial charge in [0.25, 0.3) is 5.91 Å². The molecule has 2 aliphatic heterocycles. The van der Waals surface area contributed by atoms with Crippen molar-refractivity contribution in [3.63, 3.8) is 0 Å². The van der Waals surface area contributed by atoms with Crippen LogP contribution in [-0.2, 0) is 21.4 Å². The first-order chi connectivity index (χ1) is 16.8. The largest absolute Gasteiger partial charge is 0.352 e. The van der Waals surface area contributed by atoms with Crippen molar-refractivity contribution in [2.24, 2.45) is 5.92 Å². The predicted molar refractivity (Wildman–Crippen MR) is 135 cm³/mol. The number of hydrogen-bond donors (Lipinski definition) is 1. The second kappa shape index (κ2) is 10.9. The summed E-state index contributed by atoms with van der Waals surface area (Å²) in [6.07, 6.45) is 3.07. The van der Waals surface area contributed by atoms with Gasteiger partial charge in [-0.15, -0.1) is 0 Å². The molecular weight excluding hydrogens is 462 g/mol. The average molecular weight is 498 g/mol. The van der Waals surface area contributed by atoms with E-state index in [-0.39, 0.29) is 17.7 Å². The van der Waals surface area contributed by atoms with Crippen molar-refractivity contribution in [3.05, 3.63) is 65.2 Å². The Morgan fingerprint density at radius 1 is 0.971 bits per heavy atom. The lowest BCUT2D eigenvalue weighted by Crippen LogP contribution is -2.42. The van der Waals surface area contributed by atoms with E-state index in [1.165, 1.54) is 4.31 Å². The molecule has 35 heavy (non-hydrogen) atoms. The van der Waals surface area contributed by atoms with Gasteiger partial charge in [0.15, 0.2) is 0 Å². The van der Waals surface area contributed by atoms with Gasteiger partial charge in [0, 0.05) is 44.2 Å². The monoisotopic (exact) mass is 497 g/mol. The number of sulfonamides is 1. The molecule has 2 aliphatic rings. The number of rotatable bonds is 7. The van der Waals surface area contributed by atoms with Gasteiger partial charge in [-0.2, -0.15) is 4.31 Å². The molecule has 0 atom stereocenters. The van der Waals surface area contributed by atoms with E-state index in [9.17, 15) is 18.0 Å². The molecule has 0 spiro atoms. The fourth-order valence-electron chi connectivity index (χ4n) is 4.78. The van der Waals surface area contributed by atoms with Crippen LogP contribution >= 0.6 is 0 Å². The molecule has 8 heteroatoms. The summed E-state index contributed by atoms with van der Waals surface area (Å²) >= 11 is 0. The van der Waals surface area contributed by atoms with Gasteiger partial charge >= 0.3 is 0 Å². The van der Waals surface area contributed by atoms with Crippen molar-refractivity contribution < 1.29 is 18.0 Å². The number of nitrogens with zero attached hydrogens (tertiary/aromatic N) is 2. The molecule has 2 fully saturated rings. The van der Waals surface area contributed by atoms with E-state index in [4.69, 9.17) is 0 Å². The molecule has 0 unspecified atom stereocenters. The van der Waals surface area contributed by atoms with Crippen LogP contribution in [0.3, 0.4) is 0 Å². The Kier molecular flexibility index (Phi) is 7.91. The minimum atomic E-state index is -3.56. The van der Waals surface area contributed by atoms with E-state index in [1.807, 2.05) is 41.3 Å². The highest BCUT2D eigenvalue weighted by molar-refractivity contribution is 7.89. The van der Waals surface area contributed by atoms with Crippen molar-refractivity contribution >= 4 is 21.8 Å². The third kappa shape index (κ3) is 5.93. The highest BCUT2D eigenvalue weighted by Gasteiger charge is 2.32. The topological polar surface area (TPSA) is 86.8 Å². The molecule has 1 N–H and O–H groups in total. The van der Waals surface area contributed by atoms with E-state index in [0.29, 0.717) is 48.9 Å². The molecule has 2 amide bonds. The Hall–Kier alpha value is -2.71. The molecular formula is C27H35N3O4S. The molecule has 0 bridgehead atoms. The molecule has 2 saturated heterocycles. The second-order valence-corrected chi connectivity index (χ2v) is 11.8. The van der Waals surface area contributed by atoms with Crippen LogP contribution in [-0.4, -0.2) is 55.6 Å². The summed E-state index contributed by atoms with van der Waals surface area (Å²) in [5.41, 5.74) is 2.64. The molecule has 7 nitrogen and oxygen atoms in total. The Morgan fingerprint density at radius 2 is 1.63 bits per heavy atom. The van der Waals surface area contributed by atoms with Gasteiger partial charge in [-0.05, 0) is 67.0 Å². The SMILES string of the molecule is CC(C)c1ccc(S(=O)(=O)N2CCC(C(=O)NCc3cccc(C(=O)N4CCCC4)c3)CC2)cc1. The predicted octanol–water partition coefficient (Wildman–Crippen LogP) is 3.76. The van der Waals surface area contributed by atoms with Gasteiger partial charge < -0.3 is 10.2 Å². The Morgan fingerprint density at radius 3 is 2.26 bits per heavy atom. The number of benzene rings is 2. The Labute approximate surface area is 208 Å². The minimum absolute atomic E-state index is 0.0445. The van der Waals surface area contributed by atoms with Crippen molar-refractivity contribution in [1.29, 1.82) is 0 Å². The molecule has 4 rings (SSSR count). The number of piperidine rings is 1. The molecule has 2 heterocycles. The zero-order valence-electron chi connectivity index (χ0n) is 20.6. The molecule has 2 aromatic rings. The smallest absolute Gasteiger partial charge is 0.253 e. The van der Waals surface area contributed by atoms with Crippen molar-refractivity contribution in [2.45, 2.75) is 56.9 Å². The lowest BCUT2D eigenvalue weighted by molar-refractivity contribution is -0.126. The zero-order valence-corrected chi connectivity index (χ0v) is 21.4. The molecule has 0 aliphatic carbocycles. The summed E-state index contributed by atoms with van der Waals surface area (Å²) in [6.45, 7) is 6.75. The number of carbonyl (C=O) groups is 2. The van der Waals surface area contributed by atoms with Crippen LogP contribution in [0, 0.1) is 5.92 Å². The maximum atomic E-state index is 13.0. The number of amides is 2. The summed E-state index contributed by atoms with van der Waals surface area (Å²) in [7, 11) is -3.56. The van der Waals surface area contributed by atoms with E-state index in [0.717, 1.165) is 37.1 Å². The fraction of sp³-hybridized carbons (Fsp3) is 0.481. The van der Waals surface area contributed by atoms with Gasteiger partial charge in [-0.1, -0.05) is 38.1 Å². The zero-order chi connectivity index (χ0) is 25.0. The van der Waals surface area contributed by atoms with E-state index in [1.54, 1.807) is 12.1 Å². The van der Waals surface area contributed by atoms with Gasteiger partial charge in [0.05, 0.1) is 4.90 Å². The Balaban J connectivity index is 1.29. The van der Waals surface area contributed by atoms with Gasteiger partial charge in [-0.25, -0.2) is 8.42 Å². The van der Waals surface area contributed by atoms with Crippen molar-refractivity contribution in [1.82, 2.24) is 14.5 Å². The quantitative estimate of drug-likeness (QED) is 0.631. The van der Waals surface area contributed by atoms with Crippen LogP contribution in [0.5, 0.6) is 0 Å². The standard InChI is InChI=1S/C27H35N3O4S/c1-20(2)22-8-10-25(11-9-22)35(33,34)30-16-12-23(13-17-30)26(31)28-19-21-6-5-7-24(18-21)27(32)29-14-3-4-15-29/h5-11,18,20,23H,3-4,12-17,19H2,1-2H3,(H,28,31). The number of likely N-dealkylation sites (tertiary alicyclic amines) is 1. The number of nitrogens with one attached hydrogen (secondary N) is 1. The lowest BCUT2D eigenvalue weighted by Gasteiger charge is -2.30. The number of carbonyl (C=O) groups excluding carboxylic acids is 2. The summed E-state index contributed by atoms with van der Waals surface area (Å²) in [5.74, 6) is 0.0935. The van der Waals surface area contributed by atoms with Gasteiger partial charge in [0.1, 0.15) is 0 Å². The van der Waals surface area contributed by atoms with E-state index < -0.39 is 10.0 Å².